The summed E-state index contributed by atoms with van der Waals surface area (Å²) in [7, 11) is 1.35. The number of nitrogens with two attached hydrogens (primary N) is 1. The first-order valence-electron chi connectivity index (χ1n) is 24.6. The lowest BCUT2D eigenvalue weighted by Gasteiger charge is -2.43. The van der Waals surface area contributed by atoms with Crippen LogP contribution in [0.2, 0.25) is 0 Å². The zero-order chi connectivity index (χ0) is 52.8. The number of likely N-dealkylation sites (N-methyl/N-ethyl adjacent to an activating group) is 1. The van der Waals surface area contributed by atoms with Gasteiger partial charge in [0.1, 0.15) is 60.4 Å². The van der Waals surface area contributed by atoms with E-state index < -0.39 is 120 Å². The maximum absolute atomic E-state index is 15.1. The maximum atomic E-state index is 15.1. The van der Waals surface area contributed by atoms with Gasteiger partial charge in [0, 0.05) is 32.7 Å². The SMILES string of the molecule is CCCC(=O)N[C@@H](CCC(N)=O)C(=O)N[C@@H]1C(=O)NC(C[C@H]2C=C[C@H](O)CC2)C(=O)N[C@H]2CC[C@@H](O)N(C2=O)[C@@H](Cc2ccccc2)C(=O)N(C)[C@@H](Cc2ccc(O)cc2)C(=O)NC(C(C)C)C(=O)O[C@@H]1C. The molecule has 8 amide bonds. The van der Waals surface area contributed by atoms with Crippen LogP contribution in [0.4, 0.5) is 0 Å². The van der Waals surface area contributed by atoms with Crippen LogP contribution in [0.1, 0.15) is 96.6 Å². The van der Waals surface area contributed by atoms with E-state index in [0.717, 1.165) is 9.80 Å². The highest BCUT2D eigenvalue weighted by Crippen LogP contribution is 2.27. The number of hydrogen-bond acceptors (Lipinski definition) is 13. The van der Waals surface area contributed by atoms with Crippen molar-refractivity contribution in [1.82, 2.24) is 36.4 Å². The minimum Gasteiger partial charge on any atom is -0.508 e. The number of cyclic esters (lactones) is 1. The molecular formula is C51H70N8O13. The fourth-order valence-electron chi connectivity index (χ4n) is 9.09. The number of nitrogens with zero attached hydrogens (tertiary/aromatic N) is 2. The molecule has 21 heteroatoms. The number of piperidine rings is 1. The van der Waals surface area contributed by atoms with Crippen molar-refractivity contribution in [2.75, 3.05) is 7.05 Å². The number of aliphatic hydroxyl groups excluding tert-OH is 2. The summed E-state index contributed by atoms with van der Waals surface area (Å²) in [4.78, 5) is 129. The van der Waals surface area contributed by atoms with E-state index in [1.165, 1.54) is 26.1 Å². The Morgan fingerprint density at radius 2 is 1.47 bits per heavy atom. The number of aliphatic hydroxyl groups is 2. The van der Waals surface area contributed by atoms with Crippen LogP contribution < -0.4 is 32.3 Å². The smallest absolute Gasteiger partial charge is 0.329 e. The molecule has 3 aliphatic rings. The standard InChI is InChI=1S/C51H70N8O13/c1-6-10-41(63)53-35(21-23-40(52)62)45(65)57-44-29(4)72-51(71)43(28(2)3)56-47(67)38(26-32-15-19-34(61)20-16-32)58(5)50(70)39(27-30-11-8-7-9-12-30)59-42(64)24-22-36(49(59)69)54-46(66)37(55-48(44)68)25-31-13-17-33(60)18-14-31/h7-9,11-13,15-17,19-20,28-29,31,33,35-39,42-44,60-61,64H,6,10,14,18,21-27H2,1-5H3,(H2,52,62)(H,53,63)(H,54,66)(H,55,68)(H,56,67)(H,57,65)/t29-,31+,33+,35+,36+,37?,38+,39+,42-,43?,44+/m1/s1. The summed E-state index contributed by atoms with van der Waals surface area (Å²) in [6.07, 6.45) is -0.479. The van der Waals surface area contributed by atoms with Crippen molar-refractivity contribution in [1.29, 1.82) is 0 Å². The van der Waals surface area contributed by atoms with Crippen molar-refractivity contribution in [2.45, 2.75) is 159 Å². The summed E-state index contributed by atoms with van der Waals surface area (Å²) < 4.78 is 5.91. The Hall–Kier alpha value is -6.87. The normalized spacial score (nSPS) is 27.3. The third-order valence-corrected chi connectivity index (χ3v) is 13.3. The van der Waals surface area contributed by atoms with Crippen molar-refractivity contribution in [3.63, 3.8) is 0 Å². The van der Waals surface area contributed by atoms with Crippen molar-refractivity contribution in [3.05, 3.63) is 77.9 Å². The number of phenols is 1. The first-order chi connectivity index (χ1) is 34.2. The second-order valence-electron chi connectivity index (χ2n) is 19.2. The van der Waals surface area contributed by atoms with Gasteiger partial charge in [-0.05, 0) is 87.0 Å². The van der Waals surface area contributed by atoms with Crippen molar-refractivity contribution < 1.29 is 63.2 Å². The number of esters is 1. The molecule has 2 bridgehead atoms. The van der Waals surface area contributed by atoms with Crippen LogP contribution in [-0.4, -0.2) is 146 Å². The van der Waals surface area contributed by atoms with Gasteiger partial charge in [0.2, 0.25) is 47.3 Å². The summed E-state index contributed by atoms with van der Waals surface area (Å²) >= 11 is 0. The summed E-state index contributed by atoms with van der Waals surface area (Å²) in [5.74, 6) is -8.73. The Balaban J connectivity index is 1.64. The molecule has 2 saturated heterocycles. The summed E-state index contributed by atoms with van der Waals surface area (Å²) in [6, 6.07) is 4.34. The van der Waals surface area contributed by atoms with Crippen molar-refractivity contribution in [3.8, 4) is 5.75 Å². The fraction of sp³-hybridized carbons (Fsp3) is 0.549. The second-order valence-corrected chi connectivity index (χ2v) is 19.2. The van der Waals surface area contributed by atoms with E-state index >= 15 is 4.79 Å². The topological polar surface area (TPSA) is 316 Å². The van der Waals surface area contributed by atoms with Gasteiger partial charge >= 0.3 is 5.97 Å². The van der Waals surface area contributed by atoms with E-state index in [9.17, 15) is 53.7 Å². The van der Waals surface area contributed by atoms with E-state index in [4.69, 9.17) is 10.5 Å². The number of hydrogen-bond donors (Lipinski definition) is 9. The zero-order valence-electron chi connectivity index (χ0n) is 41.5. The number of benzene rings is 2. The maximum Gasteiger partial charge on any atom is 0.329 e. The highest BCUT2D eigenvalue weighted by molar-refractivity contribution is 5.98. The van der Waals surface area contributed by atoms with Gasteiger partial charge in [0.05, 0.1) is 6.10 Å². The Labute approximate surface area is 419 Å². The predicted octanol–water partition coefficient (Wildman–Crippen LogP) is 0.122. The van der Waals surface area contributed by atoms with Crippen molar-refractivity contribution >= 4 is 53.2 Å². The molecule has 10 N–H and O–H groups in total. The first kappa shape index (κ1) is 56.0. The molecule has 11 atom stereocenters. The lowest BCUT2D eigenvalue weighted by molar-refractivity contribution is -0.165. The van der Waals surface area contributed by atoms with Gasteiger partial charge in [0.25, 0.3) is 0 Å². The number of ether oxygens (including phenoxy) is 1. The van der Waals surface area contributed by atoms with Crippen LogP contribution >= 0.6 is 0 Å². The third kappa shape index (κ3) is 15.3. The lowest BCUT2D eigenvalue weighted by atomic mass is 9.88. The molecule has 0 radical (unpaired) electrons. The molecule has 2 aliphatic heterocycles. The fourth-order valence-corrected chi connectivity index (χ4v) is 9.09. The number of fused-ring (bicyclic) bond motifs is 2. The van der Waals surface area contributed by atoms with E-state index in [-0.39, 0.29) is 63.0 Å². The first-order valence-corrected chi connectivity index (χ1v) is 24.6. The van der Waals surface area contributed by atoms with Gasteiger partial charge in [-0.25, -0.2) is 4.79 Å². The largest absolute Gasteiger partial charge is 0.508 e. The van der Waals surface area contributed by atoms with Crippen molar-refractivity contribution in [2.24, 2.45) is 17.6 Å². The van der Waals surface area contributed by atoms with Gasteiger partial charge in [-0.1, -0.05) is 75.4 Å². The summed E-state index contributed by atoms with van der Waals surface area (Å²) in [6.45, 7) is 6.27. The molecule has 0 aromatic heterocycles. The molecule has 21 nitrogen and oxygen atoms in total. The molecule has 0 spiro atoms. The quantitative estimate of drug-likeness (QED) is 0.0848. The van der Waals surface area contributed by atoms with Gasteiger partial charge in [-0.2, -0.15) is 0 Å². The van der Waals surface area contributed by atoms with Gasteiger partial charge in [0.15, 0.2) is 0 Å². The molecule has 1 aliphatic carbocycles. The average molecular weight is 1000 g/mol. The number of carbonyl (C=O) groups excluding carboxylic acids is 9. The molecular weight excluding hydrogens is 933 g/mol. The van der Waals surface area contributed by atoms with Crippen LogP contribution in [-0.2, 0) is 60.7 Å². The Kier molecular flexibility index (Phi) is 20.2. The number of phenolic OH excluding ortho intramolecular Hbond substituents is 1. The summed E-state index contributed by atoms with van der Waals surface area (Å²) in [5, 5.41) is 45.1. The highest BCUT2D eigenvalue weighted by atomic mass is 16.5. The van der Waals surface area contributed by atoms with E-state index in [1.54, 1.807) is 75.4 Å². The number of aromatic hydroxyl groups is 1. The molecule has 2 aromatic rings. The lowest BCUT2D eigenvalue weighted by Crippen LogP contribution is -2.65. The Bertz CT molecular complexity index is 2300. The summed E-state index contributed by atoms with van der Waals surface area (Å²) in [5.41, 5.74) is 6.50. The molecule has 2 fully saturated rings. The van der Waals surface area contributed by atoms with Crippen LogP contribution in [0.25, 0.3) is 0 Å². The Morgan fingerprint density at radius 3 is 2.10 bits per heavy atom. The number of rotatable bonds is 15. The molecule has 2 heterocycles. The molecule has 2 unspecified atom stereocenters. The minimum atomic E-state index is -1.79. The van der Waals surface area contributed by atoms with Gasteiger partial charge in [-0.15, -0.1) is 0 Å². The molecule has 0 saturated carbocycles. The number of allylic oxidation sites excluding steroid dienone is 1. The second kappa shape index (κ2) is 26.0. The van der Waals surface area contributed by atoms with Gasteiger partial charge < -0.3 is 62.2 Å². The molecule has 72 heavy (non-hydrogen) atoms. The molecule has 2 aromatic carbocycles. The van der Waals surface area contributed by atoms with Crippen LogP contribution in [0.5, 0.6) is 5.75 Å². The van der Waals surface area contributed by atoms with Crippen LogP contribution in [0.3, 0.4) is 0 Å². The van der Waals surface area contributed by atoms with E-state index in [1.807, 2.05) is 0 Å². The van der Waals surface area contributed by atoms with Crippen LogP contribution in [0.15, 0.2) is 66.7 Å². The monoisotopic (exact) mass is 1000 g/mol. The zero-order valence-corrected chi connectivity index (χ0v) is 41.5. The third-order valence-electron chi connectivity index (χ3n) is 13.3. The number of carbonyl (C=O) groups is 9. The number of primary amides is 1. The number of nitrogens with one attached hydrogen (secondary N) is 5. The van der Waals surface area contributed by atoms with E-state index in [2.05, 4.69) is 26.6 Å². The highest BCUT2D eigenvalue weighted by Gasteiger charge is 2.46. The Morgan fingerprint density at radius 1 is 0.806 bits per heavy atom. The van der Waals surface area contributed by atoms with Gasteiger partial charge in [-0.3, -0.25) is 38.4 Å². The number of amides is 8. The van der Waals surface area contributed by atoms with E-state index in [0.29, 0.717) is 30.4 Å². The van der Waals surface area contributed by atoms with Crippen LogP contribution in [0, 0.1) is 11.8 Å². The predicted molar refractivity (Wildman–Crippen MR) is 260 cm³/mol. The minimum absolute atomic E-state index is 0.0255. The molecule has 392 valence electrons. The average Bonchev–Trinajstić information content (AvgIpc) is 3.33. The molecule has 5 rings (SSSR count).